The zero-order chi connectivity index (χ0) is 16.1. The molecule has 1 unspecified atom stereocenters. The van der Waals surface area contributed by atoms with Crippen molar-refractivity contribution < 1.29 is 9.53 Å². The van der Waals surface area contributed by atoms with Crippen LogP contribution in [0.2, 0.25) is 0 Å². The van der Waals surface area contributed by atoms with Crippen LogP contribution in [0.15, 0.2) is 12.1 Å². The molecule has 22 heavy (non-hydrogen) atoms. The molecule has 1 aromatic rings. The molecule has 2 N–H and O–H groups in total. The van der Waals surface area contributed by atoms with Gasteiger partial charge in [0, 0.05) is 6.54 Å². The summed E-state index contributed by atoms with van der Waals surface area (Å²) < 4.78 is 5.83. The number of nitrogens with zero attached hydrogens (tertiary/aromatic N) is 2. The van der Waals surface area contributed by atoms with Crippen LogP contribution < -0.4 is 15.4 Å². The van der Waals surface area contributed by atoms with Gasteiger partial charge in [-0.15, -0.1) is 0 Å². The van der Waals surface area contributed by atoms with Crippen LogP contribution in [0.1, 0.15) is 52.9 Å². The minimum absolute atomic E-state index is 0.00362. The number of hydrogen-bond acceptors (Lipinski definition) is 4. The Hall–Kier alpha value is -1.78. The topological polar surface area (TPSA) is 68.5 Å². The molecule has 0 aromatic carbocycles. The number of rotatable bonds is 7. The molecule has 0 bridgehead atoms. The van der Waals surface area contributed by atoms with Gasteiger partial charge < -0.3 is 10.5 Å². The molecule has 0 saturated carbocycles. The maximum absolute atomic E-state index is 12.7. The van der Waals surface area contributed by atoms with Crippen molar-refractivity contribution in [2.45, 2.75) is 59.0 Å². The summed E-state index contributed by atoms with van der Waals surface area (Å²) >= 11 is 0. The average Bonchev–Trinajstić information content (AvgIpc) is 2.48. The van der Waals surface area contributed by atoms with Crippen molar-refractivity contribution in [2.75, 3.05) is 17.2 Å². The number of carbonyl (C=O) groups is 1. The number of carbonyl (C=O) groups excluding carboxylic acids is 1. The number of nitrogen functional groups attached to an aromatic ring is 1. The summed E-state index contributed by atoms with van der Waals surface area (Å²) in [5.74, 6) is 1.75. The summed E-state index contributed by atoms with van der Waals surface area (Å²) in [6.45, 7) is 6.87. The van der Waals surface area contributed by atoms with E-state index in [0.717, 1.165) is 12.8 Å². The van der Waals surface area contributed by atoms with Crippen LogP contribution in [0.25, 0.3) is 0 Å². The molecule has 1 amide bonds. The molecule has 1 aromatic heterocycles. The summed E-state index contributed by atoms with van der Waals surface area (Å²) in [5, 5.41) is 0. The predicted molar refractivity (Wildman–Crippen MR) is 89.0 cm³/mol. The van der Waals surface area contributed by atoms with Gasteiger partial charge in [-0.3, -0.25) is 9.69 Å². The standard InChI is InChI=1S/C17H27N3O2/c1-4-5-6-7-8-11-20-16-13(9-10-14(18)19-16)22-15(12(2)3)17(20)21/h9-10,12,15H,4-8,11H2,1-3H3,(H2,18,19). The first-order valence-corrected chi connectivity index (χ1v) is 8.29. The first-order chi connectivity index (χ1) is 10.5. The first-order valence-electron chi connectivity index (χ1n) is 8.29. The Morgan fingerprint density at radius 1 is 1.27 bits per heavy atom. The number of ether oxygens (including phenoxy) is 1. The molecule has 122 valence electrons. The summed E-state index contributed by atoms with van der Waals surface area (Å²) in [6, 6.07) is 3.52. The molecular weight excluding hydrogens is 278 g/mol. The molecule has 2 rings (SSSR count). The van der Waals surface area contributed by atoms with Gasteiger partial charge in [-0.2, -0.15) is 0 Å². The lowest BCUT2D eigenvalue weighted by Gasteiger charge is -2.35. The molecule has 5 heteroatoms. The maximum atomic E-state index is 12.7. The van der Waals surface area contributed by atoms with E-state index < -0.39 is 6.10 Å². The molecular formula is C17H27N3O2. The normalized spacial score (nSPS) is 17.5. The number of pyridine rings is 1. The molecule has 1 aliphatic heterocycles. The minimum atomic E-state index is -0.437. The van der Waals surface area contributed by atoms with Gasteiger partial charge >= 0.3 is 0 Å². The Balaban J connectivity index is 2.14. The van der Waals surface area contributed by atoms with E-state index in [1.54, 1.807) is 11.0 Å². The molecule has 0 aliphatic carbocycles. The van der Waals surface area contributed by atoms with E-state index in [-0.39, 0.29) is 11.8 Å². The number of hydrogen-bond donors (Lipinski definition) is 1. The van der Waals surface area contributed by atoms with E-state index in [1.807, 2.05) is 19.9 Å². The number of nitrogens with two attached hydrogens (primary N) is 1. The molecule has 0 saturated heterocycles. The van der Waals surface area contributed by atoms with Gasteiger partial charge in [-0.05, 0) is 24.5 Å². The third-order valence-electron chi connectivity index (χ3n) is 3.97. The second-order valence-corrected chi connectivity index (χ2v) is 6.24. The lowest BCUT2D eigenvalue weighted by atomic mass is 10.0. The van der Waals surface area contributed by atoms with Gasteiger partial charge in [0.1, 0.15) is 5.82 Å². The van der Waals surface area contributed by atoms with E-state index in [0.29, 0.717) is 23.9 Å². The lowest BCUT2D eigenvalue weighted by molar-refractivity contribution is -0.128. The monoisotopic (exact) mass is 305 g/mol. The second-order valence-electron chi connectivity index (χ2n) is 6.24. The van der Waals surface area contributed by atoms with Crippen molar-refractivity contribution in [2.24, 2.45) is 5.92 Å². The number of amides is 1. The molecule has 1 aliphatic rings. The fourth-order valence-electron chi connectivity index (χ4n) is 2.69. The van der Waals surface area contributed by atoms with Crippen molar-refractivity contribution in [1.82, 2.24) is 4.98 Å². The molecule has 2 heterocycles. The summed E-state index contributed by atoms with van der Waals surface area (Å²) in [6.07, 6.45) is 5.34. The van der Waals surface area contributed by atoms with Crippen molar-refractivity contribution >= 4 is 17.5 Å². The van der Waals surface area contributed by atoms with E-state index in [9.17, 15) is 4.79 Å². The fourth-order valence-corrected chi connectivity index (χ4v) is 2.69. The Morgan fingerprint density at radius 3 is 2.68 bits per heavy atom. The first kappa shape index (κ1) is 16.6. The Labute approximate surface area is 132 Å². The molecule has 0 spiro atoms. The van der Waals surface area contributed by atoms with E-state index in [4.69, 9.17) is 10.5 Å². The van der Waals surface area contributed by atoms with Crippen molar-refractivity contribution in [3.8, 4) is 5.75 Å². The lowest BCUT2D eigenvalue weighted by Crippen LogP contribution is -2.49. The Kier molecular flexibility index (Phi) is 5.63. The number of anilines is 2. The third kappa shape index (κ3) is 3.70. The highest BCUT2D eigenvalue weighted by Gasteiger charge is 2.36. The van der Waals surface area contributed by atoms with Crippen LogP contribution >= 0.6 is 0 Å². The SMILES string of the molecule is CCCCCCCN1C(=O)C(C(C)C)Oc2ccc(N)nc21. The highest BCUT2D eigenvalue weighted by molar-refractivity contribution is 5.99. The van der Waals surface area contributed by atoms with Gasteiger partial charge in [-0.1, -0.05) is 46.5 Å². The van der Waals surface area contributed by atoms with Crippen molar-refractivity contribution in [3.63, 3.8) is 0 Å². The zero-order valence-corrected chi connectivity index (χ0v) is 13.8. The third-order valence-corrected chi connectivity index (χ3v) is 3.97. The minimum Gasteiger partial charge on any atom is -0.476 e. The van der Waals surface area contributed by atoms with Crippen LogP contribution in [0.4, 0.5) is 11.6 Å². The molecule has 0 fully saturated rings. The highest BCUT2D eigenvalue weighted by atomic mass is 16.5. The van der Waals surface area contributed by atoms with Gasteiger partial charge in [0.15, 0.2) is 17.7 Å². The predicted octanol–water partition coefficient (Wildman–Crippen LogP) is 3.38. The maximum Gasteiger partial charge on any atom is 0.269 e. The van der Waals surface area contributed by atoms with E-state index in [2.05, 4.69) is 11.9 Å². The van der Waals surface area contributed by atoms with Crippen LogP contribution in [0.5, 0.6) is 5.75 Å². The van der Waals surface area contributed by atoms with Crippen molar-refractivity contribution in [3.05, 3.63) is 12.1 Å². The number of aromatic nitrogens is 1. The zero-order valence-electron chi connectivity index (χ0n) is 13.8. The molecule has 0 radical (unpaired) electrons. The smallest absolute Gasteiger partial charge is 0.269 e. The Bertz CT molecular complexity index is 517. The Morgan fingerprint density at radius 2 is 2.00 bits per heavy atom. The van der Waals surface area contributed by atoms with Gasteiger partial charge in [0.05, 0.1) is 0 Å². The molecule has 1 atom stereocenters. The van der Waals surface area contributed by atoms with Crippen LogP contribution in [-0.4, -0.2) is 23.5 Å². The van der Waals surface area contributed by atoms with Gasteiger partial charge in [0.2, 0.25) is 0 Å². The largest absolute Gasteiger partial charge is 0.476 e. The summed E-state index contributed by atoms with van der Waals surface area (Å²) in [5.41, 5.74) is 5.77. The summed E-state index contributed by atoms with van der Waals surface area (Å²) in [7, 11) is 0. The fraction of sp³-hybridized carbons (Fsp3) is 0.647. The van der Waals surface area contributed by atoms with Crippen molar-refractivity contribution in [1.29, 1.82) is 0 Å². The van der Waals surface area contributed by atoms with Gasteiger partial charge in [0.25, 0.3) is 5.91 Å². The van der Waals surface area contributed by atoms with Crippen LogP contribution in [0.3, 0.4) is 0 Å². The summed E-state index contributed by atoms with van der Waals surface area (Å²) in [4.78, 5) is 18.7. The van der Waals surface area contributed by atoms with Crippen LogP contribution in [-0.2, 0) is 4.79 Å². The molecule has 5 nitrogen and oxygen atoms in total. The van der Waals surface area contributed by atoms with E-state index in [1.165, 1.54) is 19.3 Å². The average molecular weight is 305 g/mol. The van der Waals surface area contributed by atoms with Crippen LogP contribution in [0, 0.1) is 5.92 Å². The number of unbranched alkanes of at least 4 members (excludes halogenated alkanes) is 4. The van der Waals surface area contributed by atoms with E-state index >= 15 is 0 Å². The van der Waals surface area contributed by atoms with Gasteiger partial charge in [-0.25, -0.2) is 4.98 Å². The second kappa shape index (κ2) is 7.47. The quantitative estimate of drug-likeness (QED) is 0.784. The number of fused-ring (bicyclic) bond motifs is 1. The highest BCUT2D eigenvalue weighted by Crippen LogP contribution is 2.34.